The molecule has 1 N–H and O–H groups in total. The minimum atomic E-state index is -0.215. The Morgan fingerprint density at radius 3 is 2.78 bits per heavy atom. The van der Waals surface area contributed by atoms with Crippen molar-refractivity contribution in [2.75, 3.05) is 25.5 Å². The van der Waals surface area contributed by atoms with E-state index in [1.807, 2.05) is 0 Å². The Balaban J connectivity index is 1.55. The molecule has 0 unspecified atom stereocenters. The van der Waals surface area contributed by atoms with E-state index in [0.29, 0.717) is 22.9 Å². The molecular weight excluding hydrogens is 294 g/mol. The Kier molecular flexibility index (Phi) is 4.62. The van der Waals surface area contributed by atoms with Crippen molar-refractivity contribution in [3.8, 4) is 5.88 Å². The molecule has 0 spiro atoms. The van der Waals surface area contributed by atoms with E-state index in [-0.39, 0.29) is 12.0 Å². The Bertz CT molecular complexity index is 658. The van der Waals surface area contributed by atoms with Gasteiger partial charge in [0.1, 0.15) is 18.1 Å². The first kappa shape index (κ1) is 15.6. The van der Waals surface area contributed by atoms with Gasteiger partial charge in [-0.3, -0.25) is 4.79 Å². The number of aromatic nitrogens is 1. The van der Waals surface area contributed by atoms with Crippen LogP contribution in [0.5, 0.6) is 5.88 Å². The highest BCUT2D eigenvalue weighted by Crippen LogP contribution is 2.18. The summed E-state index contributed by atoms with van der Waals surface area (Å²) >= 11 is 0. The number of aryl methyl sites for hydroxylation is 1. The van der Waals surface area contributed by atoms with Gasteiger partial charge in [0, 0.05) is 19.2 Å². The van der Waals surface area contributed by atoms with Crippen LogP contribution < -0.4 is 10.1 Å². The van der Waals surface area contributed by atoms with Gasteiger partial charge in [0.25, 0.3) is 5.91 Å². The number of carbonyl (C=O) groups excluding carboxylic acids is 1. The molecule has 2 aromatic heterocycles. The van der Waals surface area contributed by atoms with E-state index in [1.54, 1.807) is 31.3 Å². The van der Waals surface area contributed by atoms with Crippen molar-refractivity contribution < 1.29 is 13.9 Å². The maximum Gasteiger partial charge on any atom is 0.258 e. The van der Waals surface area contributed by atoms with Crippen molar-refractivity contribution in [1.82, 2.24) is 9.88 Å². The molecule has 0 aromatic carbocycles. The molecule has 122 valence electrons. The molecule has 0 radical (unpaired) electrons. The summed E-state index contributed by atoms with van der Waals surface area (Å²) in [5.74, 6) is 1.08. The van der Waals surface area contributed by atoms with Crippen molar-refractivity contribution in [3.05, 3.63) is 42.0 Å². The summed E-state index contributed by atoms with van der Waals surface area (Å²) in [4.78, 5) is 18.6. The summed E-state index contributed by atoms with van der Waals surface area (Å²) in [6.07, 6.45) is 5.28. The first-order chi connectivity index (χ1) is 11.1. The number of hydrogen-bond acceptors (Lipinski definition) is 5. The number of carbonyl (C=O) groups is 1. The van der Waals surface area contributed by atoms with Crippen LogP contribution >= 0.6 is 0 Å². The quantitative estimate of drug-likeness (QED) is 0.939. The van der Waals surface area contributed by atoms with Crippen LogP contribution in [0.4, 0.5) is 5.69 Å². The lowest BCUT2D eigenvalue weighted by molar-refractivity contribution is 0.102. The fourth-order valence-corrected chi connectivity index (χ4v) is 2.56. The molecule has 3 rings (SSSR count). The number of nitrogens with one attached hydrogen (secondary N) is 1. The van der Waals surface area contributed by atoms with Gasteiger partial charge in [-0.15, -0.1) is 0 Å². The predicted molar refractivity (Wildman–Crippen MR) is 86.8 cm³/mol. The van der Waals surface area contributed by atoms with Crippen LogP contribution in [-0.2, 0) is 0 Å². The largest absolute Gasteiger partial charge is 0.474 e. The summed E-state index contributed by atoms with van der Waals surface area (Å²) in [5, 5.41) is 2.78. The molecule has 2 aromatic rings. The van der Waals surface area contributed by atoms with Gasteiger partial charge >= 0.3 is 0 Å². The third-order valence-electron chi connectivity index (χ3n) is 3.94. The Morgan fingerprint density at radius 1 is 1.39 bits per heavy atom. The highest BCUT2D eigenvalue weighted by Gasteiger charge is 2.18. The summed E-state index contributed by atoms with van der Waals surface area (Å²) in [5.41, 5.74) is 1.12. The Hall–Kier alpha value is -2.34. The maximum absolute atomic E-state index is 12.0. The van der Waals surface area contributed by atoms with Crippen molar-refractivity contribution in [1.29, 1.82) is 0 Å². The molecule has 1 aliphatic rings. The molecular formula is C17H21N3O3. The zero-order valence-electron chi connectivity index (χ0n) is 13.4. The molecule has 0 bridgehead atoms. The zero-order valence-corrected chi connectivity index (χ0v) is 13.4. The average molecular weight is 315 g/mol. The van der Waals surface area contributed by atoms with E-state index in [9.17, 15) is 4.79 Å². The molecule has 1 amide bonds. The lowest BCUT2D eigenvalue weighted by Gasteiger charge is -2.28. The van der Waals surface area contributed by atoms with Gasteiger partial charge < -0.3 is 19.4 Å². The molecule has 6 heteroatoms. The second-order valence-corrected chi connectivity index (χ2v) is 5.91. The standard InChI is InChI=1S/C17H21N3O3/c1-12-9-13(11-22-12)17(21)19-14-3-4-16(18-10-14)23-15-5-7-20(2)8-6-15/h3-4,9-11,15H,5-8H2,1-2H3,(H,19,21). The van der Waals surface area contributed by atoms with Crippen LogP contribution in [0.25, 0.3) is 0 Å². The number of rotatable bonds is 4. The molecule has 0 saturated carbocycles. The molecule has 1 aliphatic heterocycles. The van der Waals surface area contributed by atoms with Gasteiger partial charge in [0.2, 0.25) is 5.88 Å². The molecule has 3 heterocycles. The van der Waals surface area contributed by atoms with E-state index in [2.05, 4.69) is 22.2 Å². The number of nitrogens with zero attached hydrogens (tertiary/aromatic N) is 2. The molecule has 0 atom stereocenters. The Morgan fingerprint density at radius 2 is 2.17 bits per heavy atom. The van der Waals surface area contributed by atoms with Crippen LogP contribution in [-0.4, -0.2) is 42.0 Å². The SMILES string of the molecule is Cc1cc(C(=O)Nc2ccc(OC3CCN(C)CC3)nc2)co1. The fourth-order valence-electron chi connectivity index (χ4n) is 2.56. The number of furan rings is 1. The first-order valence-electron chi connectivity index (χ1n) is 7.78. The van der Waals surface area contributed by atoms with Crippen LogP contribution in [0, 0.1) is 6.92 Å². The van der Waals surface area contributed by atoms with Gasteiger partial charge in [-0.2, -0.15) is 0 Å². The lowest BCUT2D eigenvalue weighted by Crippen LogP contribution is -2.35. The summed E-state index contributed by atoms with van der Waals surface area (Å²) in [6.45, 7) is 3.89. The highest BCUT2D eigenvalue weighted by molar-refractivity contribution is 6.04. The molecule has 1 saturated heterocycles. The number of likely N-dealkylation sites (tertiary alicyclic amines) is 1. The van der Waals surface area contributed by atoms with E-state index in [0.717, 1.165) is 25.9 Å². The number of hydrogen-bond donors (Lipinski definition) is 1. The van der Waals surface area contributed by atoms with E-state index >= 15 is 0 Å². The molecule has 6 nitrogen and oxygen atoms in total. The molecule has 23 heavy (non-hydrogen) atoms. The van der Waals surface area contributed by atoms with E-state index < -0.39 is 0 Å². The highest BCUT2D eigenvalue weighted by atomic mass is 16.5. The van der Waals surface area contributed by atoms with Gasteiger partial charge in [-0.05, 0) is 38.9 Å². The summed E-state index contributed by atoms with van der Waals surface area (Å²) < 4.78 is 11.0. The van der Waals surface area contributed by atoms with Crippen LogP contribution in [0.1, 0.15) is 29.0 Å². The van der Waals surface area contributed by atoms with Crippen molar-refractivity contribution in [2.45, 2.75) is 25.9 Å². The van der Waals surface area contributed by atoms with Crippen LogP contribution in [0.2, 0.25) is 0 Å². The number of ether oxygens (including phenoxy) is 1. The van der Waals surface area contributed by atoms with Crippen molar-refractivity contribution >= 4 is 11.6 Å². The number of amides is 1. The number of piperidine rings is 1. The normalized spacial score (nSPS) is 16.3. The topological polar surface area (TPSA) is 67.6 Å². The zero-order chi connectivity index (χ0) is 16.2. The van der Waals surface area contributed by atoms with Crippen molar-refractivity contribution in [2.24, 2.45) is 0 Å². The minimum Gasteiger partial charge on any atom is -0.474 e. The van der Waals surface area contributed by atoms with Crippen LogP contribution in [0.3, 0.4) is 0 Å². The number of anilines is 1. The third kappa shape index (κ3) is 4.10. The summed E-state index contributed by atoms with van der Waals surface area (Å²) in [7, 11) is 2.12. The third-order valence-corrected chi connectivity index (χ3v) is 3.94. The second kappa shape index (κ2) is 6.83. The summed E-state index contributed by atoms with van der Waals surface area (Å²) in [6, 6.07) is 5.27. The Labute approximate surface area is 135 Å². The van der Waals surface area contributed by atoms with Gasteiger partial charge in [-0.25, -0.2) is 4.98 Å². The van der Waals surface area contributed by atoms with Crippen LogP contribution in [0.15, 0.2) is 35.1 Å². The maximum atomic E-state index is 12.0. The van der Waals surface area contributed by atoms with Gasteiger partial charge in [0.15, 0.2) is 0 Å². The molecule has 1 fully saturated rings. The van der Waals surface area contributed by atoms with E-state index in [4.69, 9.17) is 9.15 Å². The lowest BCUT2D eigenvalue weighted by atomic mass is 10.1. The fraction of sp³-hybridized carbons (Fsp3) is 0.412. The predicted octanol–water partition coefficient (Wildman–Crippen LogP) is 2.71. The van der Waals surface area contributed by atoms with Crippen molar-refractivity contribution in [3.63, 3.8) is 0 Å². The smallest absolute Gasteiger partial charge is 0.258 e. The second-order valence-electron chi connectivity index (χ2n) is 5.91. The minimum absolute atomic E-state index is 0.215. The first-order valence-corrected chi connectivity index (χ1v) is 7.78. The molecule has 0 aliphatic carbocycles. The van der Waals surface area contributed by atoms with E-state index in [1.165, 1.54) is 6.26 Å². The monoisotopic (exact) mass is 315 g/mol. The number of pyridine rings is 1. The van der Waals surface area contributed by atoms with Gasteiger partial charge in [-0.1, -0.05) is 0 Å². The van der Waals surface area contributed by atoms with Gasteiger partial charge in [0.05, 0.1) is 17.4 Å². The average Bonchev–Trinajstić information content (AvgIpc) is 2.98.